The molecule has 0 N–H and O–H groups in total. The lowest BCUT2D eigenvalue weighted by Crippen LogP contribution is -2.20. The Kier molecular flexibility index (Phi) is 4.34. The van der Waals surface area contributed by atoms with Gasteiger partial charge in [0.2, 0.25) is 0 Å². The van der Waals surface area contributed by atoms with Crippen LogP contribution in [0.25, 0.3) is 6.08 Å². The summed E-state index contributed by atoms with van der Waals surface area (Å²) >= 11 is 0. The third-order valence-corrected chi connectivity index (χ3v) is 2.70. The van der Waals surface area contributed by atoms with Gasteiger partial charge in [-0.15, -0.1) is 0 Å². The second-order valence-electron chi connectivity index (χ2n) is 7.01. The van der Waals surface area contributed by atoms with Crippen LogP contribution < -0.4 is 0 Å². The van der Waals surface area contributed by atoms with Crippen LogP contribution in [0.5, 0.6) is 0 Å². The van der Waals surface area contributed by atoms with Gasteiger partial charge in [-0.2, -0.15) is 0 Å². The van der Waals surface area contributed by atoms with Gasteiger partial charge in [0.15, 0.2) is 5.78 Å². The third kappa shape index (κ3) is 4.62. The molecule has 0 saturated carbocycles. The number of hydrogen-bond acceptors (Lipinski definition) is 1. The minimum Gasteiger partial charge on any atom is -0.294 e. The topological polar surface area (TPSA) is 17.1 Å². The maximum Gasteiger partial charge on any atom is 0.168 e. The average Bonchev–Trinajstić information content (AvgIpc) is 2.24. The van der Waals surface area contributed by atoms with Crippen molar-refractivity contribution in [3.05, 3.63) is 41.2 Å². The molecule has 1 aromatic rings. The van der Waals surface area contributed by atoms with Crippen molar-refractivity contribution in [3.8, 4) is 0 Å². The molecule has 1 rings (SSSR count). The van der Waals surface area contributed by atoms with Crippen molar-refractivity contribution in [1.82, 2.24) is 0 Å². The highest BCUT2D eigenvalue weighted by atomic mass is 19.1. The van der Waals surface area contributed by atoms with E-state index < -0.39 is 5.41 Å². The minimum atomic E-state index is -0.456. The normalized spacial score (nSPS) is 13.0. The van der Waals surface area contributed by atoms with E-state index in [-0.39, 0.29) is 17.0 Å². The van der Waals surface area contributed by atoms with Crippen molar-refractivity contribution in [2.45, 2.75) is 41.5 Å². The van der Waals surface area contributed by atoms with Crippen LogP contribution >= 0.6 is 0 Å². The average molecular weight is 262 g/mol. The van der Waals surface area contributed by atoms with E-state index in [1.807, 2.05) is 47.6 Å². The van der Waals surface area contributed by atoms with Crippen molar-refractivity contribution in [1.29, 1.82) is 0 Å². The highest BCUT2D eigenvalue weighted by Crippen LogP contribution is 2.24. The van der Waals surface area contributed by atoms with E-state index in [1.165, 1.54) is 6.07 Å². The first-order valence-electron chi connectivity index (χ1n) is 6.54. The summed E-state index contributed by atoms with van der Waals surface area (Å²) in [4.78, 5) is 12.2. The molecule has 104 valence electrons. The summed E-state index contributed by atoms with van der Waals surface area (Å²) in [5.41, 5.74) is 0.548. The molecular weight excluding hydrogens is 239 g/mol. The van der Waals surface area contributed by atoms with Crippen LogP contribution in [0.4, 0.5) is 4.39 Å². The van der Waals surface area contributed by atoms with Gasteiger partial charge >= 0.3 is 0 Å². The smallest absolute Gasteiger partial charge is 0.168 e. The number of allylic oxidation sites excluding steroid dienone is 1. The Labute approximate surface area is 115 Å². The number of rotatable bonds is 2. The molecule has 19 heavy (non-hydrogen) atoms. The second kappa shape index (κ2) is 5.28. The highest BCUT2D eigenvalue weighted by Gasteiger charge is 2.23. The van der Waals surface area contributed by atoms with Gasteiger partial charge in [0.05, 0.1) is 0 Å². The SMILES string of the molecule is CC(C)(C)/C=C/c1cc(C(=O)C(C)(C)C)ccc1F. The van der Waals surface area contributed by atoms with E-state index >= 15 is 0 Å². The van der Waals surface area contributed by atoms with E-state index in [9.17, 15) is 9.18 Å². The molecule has 0 aromatic heterocycles. The van der Waals surface area contributed by atoms with Gasteiger partial charge in [-0.1, -0.05) is 53.7 Å². The van der Waals surface area contributed by atoms with Gasteiger partial charge in [0.25, 0.3) is 0 Å². The van der Waals surface area contributed by atoms with Gasteiger partial charge in [-0.25, -0.2) is 4.39 Å². The molecule has 0 amide bonds. The molecule has 0 aliphatic rings. The lowest BCUT2D eigenvalue weighted by atomic mass is 9.86. The fourth-order valence-electron chi connectivity index (χ4n) is 1.59. The Morgan fingerprint density at radius 1 is 1.11 bits per heavy atom. The van der Waals surface area contributed by atoms with E-state index in [2.05, 4.69) is 0 Å². The monoisotopic (exact) mass is 262 g/mol. The number of ketones is 1. The van der Waals surface area contributed by atoms with Crippen LogP contribution in [-0.2, 0) is 0 Å². The van der Waals surface area contributed by atoms with Crippen LogP contribution in [0.2, 0.25) is 0 Å². The number of carbonyl (C=O) groups excluding carboxylic acids is 1. The predicted molar refractivity (Wildman–Crippen MR) is 78.7 cm³/mol. The third-order valence-electron chi connectivity index (χ3n) is 2.70. The summed E-state index contributed by atoms with van der Waals surface area (Å²) < 4.78 is 13.7. The number of Topliss-reactive ketones (excluding diaryl/α,β-unsaturated/α-hetero) is 1. The first-order valence-corrected chi connectivity index (χ1v) is 6.54. The van der Waals surface area contributed by atoms with Crippen LogP contribution in [0.3, 0.4) is 0 Å². The molecule has 1 aromatic carbocycles. The Balaban J connectivity index is 3.15. The Hall–Kier alpha value is -1.44. The van der Waals surface area contributed by atoms with Crippen molar-refractivity contribution >= 4 is 11.9 Å². The molecule has 0 spiro atoms. The molecule has 0 saturated heterocycles. The maximum atomic E-state index is 13.7. The molecule has 0 bridgehead atoms. The Bertz CT molecular complexity index is 499. The standard InChI is InChI=1S/C17H23FO/c1-16(2,3)10-9-12-11-13(7-8-14(12)18)15(19)17(4,5)6/h7-11H,1-6H3/b10-9+. The van der Waals surface area contributed by atoms with Crippen LogP contribution in [0, 0.1) is 16.6 Å². The maximum absolute atomic E-state index is 13.7. The number of benzene rings is 1. The lowest BCUT2D eigenvalue weighted by molar-refractivity contribution is 0.0858. The van der Waals surface area contributed by atoms with Gasteiger partial charge < -0.3 is 0 Å². The minimum absolute atomic E-state index is 0.0174. The van der Waals surface area contributed by atoms with Crippen LogP contribution in [0.1, 0.15) is 57.5 Å². The number of halogens is 1. The number of carbonyl (C=O) groups is 1. The fraction of sp³-hybridized carbons (Fsp3) is 0.471. The molecule has 0 radical (unpaired) electrons. The predicted octanol–water partition coefficient (Wildman–Crippen LogP) is 5.11. The van der Waals surface area contributed by atoms with E-state index in [0.29, 0.717) is 11.1 Å². The first kappa shape index (κ1) is 15.6. The molecule has 0 heterocycles. The van der Waals surface area contributed by atoms with Crippen molar-refractivity contribution in [2.75, 3.05) is 0 Å². The van der Waals surface area contributed by atoms with Crippen LogP contribution in [-0.4, -0.2) is 5.78 Å². The molecule has 1 nitrogen and oxygen atoms in total. The molecule has 0 aliphatic heterocycles. The molecule has 0 aliphatic carbocycles. The summed E-state index contributed by atoms with van der Waals surface area (Å²) in [5, 5.41) is 0. The van der Waals surface area contributed by atoms with Gasteiger partial charge in [-0.3, -0.25) is 4.79 Å². The summed E-state index contributed by atoms with van der Waals surface area (Å²) in [5.74, 6) is -0.274. The largest absolute Gasteiger partial charge is 0.294 e. The quantitative estimate of drug-likeness (QED) is 0.676. The highest BCUT2D eigenvalue weighted by molar-refractivity contribution is 6.00. The molecule has 0 unspecified atom stereocenters. The van der Waals surface area contributed by atoms with Crippen LogP contribution in [0.15, 0.2) is 24.3 Å². The van der Waals surface area contributed by atoms with Gasteiger partial charge in [0.1, 0.15) is 5.82 Å². The molecule has 0 fully saturated rings. The zero-order valence-corrected chi connectivity index (χ0v) is 12.7. The van der Waals surface area contributed by atoms with E-state index in [4.69, 9.17) is 0 Å². The zero-order valence-electron chi connectivity index (χ0n) is 12.7. The van der Waals surface area contributed by atoms with E-state index in [0.717, 1.165) is 0 Å². The lowest BCUT2D eigenvalue weighted by Gasteiger charge is -2.17. The molecule has 2 heteroatoms. The summed E-state index contributed by atoms with van der Waals surface area (Å²) in [6.45, 7) is 11.7. The van der Waals surface area contributed by atoms with Crippen molar-refractivity contribution < 1.29 is 9.18 Å². The first-order chi connectivity index (χ1) is 8.50. The number of hydrogen-bond donors (Lipinski definition) is 0. The molecule has 0 atom stereocenters. The second-order valence-corrected chi connectivity index (χ2v) is 7.01. The van der Waals surface area contributed by atoms with E-state index in [1.54, 1.807) is 18.2 Å². The van der Waals surface area contributed by atoms with Crippen molar-refractivity contribution in [3.63, 3.8) is 0 Å². The summed E-state index contributed by atoms with van der Waals surface area (Å²) in [6, 6.07) is 4.55. The Morgan fingerprint density at radius 3 is 2.16 bits per heavy atom. The fourth-order valence-corrected chi connectivity index (χ4v) is 1.59. The summed E-state index contributed by atoms with van der Waals surface area (Å²) in [7, 11) is 0. The molecular formula is C17H23FO. The zero-order chi connectivity index (χ0) is 14.8. The Morgan fingerprint density at radius 2 is 1.68 bits per heavy atom. The summed E-state index contributed by atoms with van der Waals surface area (Å²) in [6.07, 6.45) is 3.69. The van der Waals surface area contributed by atoms with Gasteiger partial charge in [0, 0.05) is 16.5 Å². The van der Waals surface area contributed by atoms with Crippen molar-refractivity contribution in [2.24, 2.45) is 10.8 Å². The van der Waals surface area contributed by atoms with Gasteiger partial charge in [-0.05, 0) is 23.6 Å².